The van der Waals surface area contributed by atoms with Gasteiger partial charge in [0.05, 0.1) is 10.7 Å². The molecule has 1 amide bonds. The maximum absolute atomic E-state index is 12.1. The molecule has 2 aromatic rings. The predicted octanol–water partition coefficient (Wildman–Crippen LogP) is 4.39. The van der Waals surface area contributed by atoms with E-state index in [1.807, 2.05) is 32.9 Å². The van der Waals surface area contributed by atoms with Crippen molar-refractivity contribution in [2.75, 3.05) is 11.1 Å². The molecule has 0 fully saturated rings. The molecule has 0 aliphatic heterocycles. The Kier molecular flexibility index (Phi) is 5.98. The number of nitrogens with zero attached hydrogens (tertiary/aromatic N) is 1. The Hall–Kier alpha value is -2.34. The quantitative estimate of drug-likeness (QED) is 0.623. The van der Waals surface area contributed by atoms with Gasteiger partial charge in [-0.25, -0.2) is 0 Å². The Balaban J connectivity index is 1.86. The molecule has 0 saturated heterocycles. The molecule has 0 aromatic heterocycles. The molecule has 0 unspecified atom stereocenters. The normalized spacial score (nSPS) is 10.5. The average Bonchev–Trinajstić information content (AvgIpc) is 2.51. The molecule has 0 radical (unpaired) electrons. The second-order valence-electron chi connectivity index (χ2n) is 5.74. The van der Waals surface area contributed by atoms with Crippen LogP contribution in [0.1, 0.15) is 22.3 Å². The fraction of sp³-hybridized carbons (Fsp3) is 0.278. The van der Waals surface area contributed by atoms with E-state index >= 15 is 0 Å². The maximum Gasteiger partial charge on any atom is 0.269 e. The van der Waals surface area contributed by atoms with E-state index in [9.17, 15) is 14.9 Å². The van der Waals surface area contributed by atoms with E-state index < -0.39 is 4.92 Å². The summed E-state index contributed by atoms with van der Waals surface area (Å²) in [5.74, 6) is 0.929. The zero-order valence-corrected chi connectivity index (χ0v) is 14.8. The molecule has 0 bridgehead atoms. The standard InChI is InChI=1S/C18H20N2O3S/c1-12-8-13(2)18(14(3)9-12)19-17(21)11-24-10-15-4-6-16(7-5-15)20(22)23/h4-9H,10-11H2,1-3H3,(H,19,21). The van der Waals surface area contributed by atoms with Crippen molar-refractivity contribution in [2.24, 2.45) is 0 Å². The van der Waals surface area contributed by atoms with E-state index in [0.29, 0.717) is 11.5 Å². The second kappa shape index (κ2) is 7.97. The fourth-order valence-corrected chi connectivity index (χ4v) is 3.32. The van der Waals surface area contributed by atoms with Crippen LogP contribution in [-0.2, 0) is 10.5 Å². The molecular formula is C18H20N2O3S. The van der Waals surface area contributed by atoms with Crippen LogP contribution in [0.5, 0.6) is 0 Å². The lowest BCUT2D eigenvalue weighted by Gasteiger charge is -2.12. The first-order chi connectivity index (χ1) is 11.4. The van der Waals surface area contributed by atoms with Crippen LogP contribution in [-0.4, -0.2) is 16.6 Å². The minimum Gasteiger partial charge on any atom is -0.325 e. The first kappa shape index (κ1) is 18.0. The highest BCUT2D eigenvalue weighted by atomic mass is 32.2. The number of benzene rings is 2. The molecule has 126 valence electrons. The topological polar surface area (TPSA) is 72.2 Å². The van der Waals surface area contributed by atoms with Crippen LogP contribution in [0.25, 0.3) is 0 Å². The van der Waals surface area contributed by atoms with Crippen LogP contribution in [0.2, 0.25) is 0 Å². The molecule has 24 heavy (non-hydrogen) atoms. The molecule has 0 spiro atoms. The minimum absolute atomic E-state index is 0.0445. The van der Waals surface area contributed by atoms with Gasteiger partial charge in [-0.15, -0.1) is 11.8 Å². The van der Waals surface area contributed by atoms with Gasteiger partial charge in [0, 0.05) is 23.6 Å². The number of rotatable bonds is 6. The number of hydrogen-bond acceptors (Lipinski definition) is 4. The van der Waals surface area contributed by atoms with Gasteiger partial charge in [-0.3, -0.25) is 14.9 Å². The van der Waals surface area contributed by atoms with Crippen LogP contribution in [0.4, 0.5) is 11.4 Å². The van der Waals surface area contributed by atoms with Gasteiger partial charge in [-0.05, 0) is 37.5 Å². The summed E-state index contributed by atoms with van der Waals surface area (Å²) in [6.45, 7) is 6.00. The van der Waals surface area contributed by atoms with Crippen LogP contribution >= 0.6 is 11.8 Å². The first-order valence-corrected chi connectivity index (χ1v) is 8.71. The van der Waals surface area contributed by atoms with E-state index in [1.54, 1.807) is 12.1 Å². The highest BCUT2D eigenvalue weighted by Crippen LogP contribution is 2.22. The number of aryl methyl sites for hydroxylation is 3. The molecule has 0 atom stereocenters. The van der Waals surface area contributed by atoms with Crippen molar-refractivity contribution in [3.05, 3.63) is 68.8 Å². The fourth-order valence-electron chi connectivity index (χ4n) is 2.53. The zero-order chi connectivity index (χ0) is 17.7. The molecular weight excluding hydrogens is 324 g/mol. The van der Waals surface area contributed by atoms with E-state index in [0.717, 1.165) is 22.4 Å². The smallest absolute Gasteiger partial charge is 0.269 e. The maximum atomic E-state index is 12.1. The van der Waals surface area contributed by atoms with Gasteiger partial charge in [-0.1, -0.05) is 29.8 Å². The number of thioether (sulfide) groups is 1. The number of nitro benzene ring substituents is 1. The Morgan fingerprint density at radius 3 is 2.25 bits per heavy atom. The number of carbonyl (C=O) groups is 1. The van der Waals surface area contributed by atoms with Gasteiger partial charge in [0.2, 0.25) is 5.91 Å². The average molecular weight is 344 g/mol. The van der Waals surface area contributed by atoms with E-state index in [-0.39, 0.29) is 11.6 Å². The van der Waals surface area contributed by atoms with E-state index in [2.05, 4.69) is 5.32 Å². The summed E-state index contributed by atoms with van der Waals surface area (Å²) in [5, 5.41) is 13.6. The van der Waals surface area contributed by atoms with Crippen molar-refractivity contribution in [2.45, 2.75) is 26.5 Å². The minimum atomic E-state index is -0.420. The van der Waals surface area contributed by atoms with E-state index in [4.69, 9.17) is 0 Å². The van der Waals surface area contributed by atoms with Crippen molar-refractivity contribution < 1.29 is 9.72 Å². The number of nitrogens with one attached hydrogen (secondary N) is 1. The largest absolute Gasteiger partial charge is 0.325 e. The van der Waals surface area contributed by atoms with Crippen molar-refractivity contribution in [1.82, 2.24) is 0 Å². The van der Waals surface area contributed by atoms with Crippen molar-refractivity contribution in [3.8, 4) is 0 Å². The molecule has 2 aromatic carbocycles. The number of carbonyl (C=O) groups excluding carboxylic acids is 1. The van der Waals surface area contributed by atoms with Crippen LogP contribution < -0.4 is 5.32 Å². The first-order valence-electron chi connectivity index (χ1n) is 7.55. The number of hydrogen-bond donors (Lipinski definition) is 1. The molecule has 6 heteroatoms. The van der Waals surface area contributed by atoms with Gasteiger partial charge in [0.15, 0.2) is 0 Å². The van der Waals surface area contributed by atoms with Crippen LogP contribution in [0, 0.1) is 30.9 Å². The second-order valence-corrected chi connectivity index (χ2v) is 6.72. The van der Waals surface area contributed by atoms with E-state index in [1.165, 1.54) is 29.5 Å². The highest BCUT2D eigenvalue weighted by Gasteiger charge is 2.09. The Morgan fingerprint density at radius 1 is 1.12 bits per heavy atom. The summed E-state index contributed by atoms with van der Waals surface area (Å²) in [4.78, 5) is 22.3. The van der Waals surface area contributed by atoms with Gasteiger partial charge in [0.1, 0.15) is 0 Å². The summed E-state index contributed by atoms with van der Waals surface area (Å²) >= 11 is 1.48. The van der Waals surface area contributed by atoms with Crippen molar-refractivity contribution in [1.29, 1.82) is 0 Å². The lowest BCUT2D eigenvalue weighted by atomic mass is 10.1. The van der Waals surface area contributed by atoms with Gasteiger partial charge in [-0.2, -0.15) is 0 Å². The Morgan fingerprint density at radius 2 is 1.71 bits per heavy atom. The third-order valence-electron chi connectivity index (χ3n) is 3.59. The summed E-state index contributed by atoms with van der Waals surface area (Å²) in [7, 11) is 0. The predicted molar refractivity (Wildman–Crippen MR) is 98.5 cm³/mol. The van der Waals surface area contributed by atoms with Gasteiger partial charge < -0.3 is 5.32 Å². The zero-order valence-electron chi connectivity index (χ0n) is 14.0. The number of nitro groups is 1. The molecule has 1 N–H and O–H groups in total. The van der Waals surface area contributed by atoms with Crippen molar-refractivity contribution >= 4 is 29.0 Å². The molecule has 5 nitrogen and oxygen atoms in total. The highest BCUT2D eigenvalue weighted by molar-refractivity contribution is 7.99. The summed E-state index contributed by atoms with van der Waals surface area (Å²) < 4.78 is 0. The molecule has 0 saturated carbocycles. The van der Waals surface area contributed by atoms with Gasteiger partial charge >= 0.3 is 0 Å². The molecule has 0 heterocycles. The Labute approximate surface area is 145 Å². The number of amides is 1. The summed E-state index contributed by atoms with van der Waals surface area (Å²) in [5.41, 5.74) is 5.20. The summed E-state index contributed by atoms with van der Waals surface area (Å²) in [6.07, 6.45) is 0. The Bertz CT molecular complexity index is 734. The number of anilines is 1. The molecule has 2 rings (SSSR count). The van der Waals surface area contributed by atoms with Gasteiger partial charge in [0.25, 0.3) is 5.69 Å². The lowest BCUT2D eigenvalue weighted by Crippen LogP contribution is -2.16. The van der Waals surface area contributed by atoms with Crippen LogP contribution in [0.15, 0.2) is 36.4 Å². The SMILES string of the molecule is Cc1cc(C)c(NC(=O)CSCc2ccc([N+](=O)[O-])cc2)c(C)c1. The molecule has 0 aliphatic rings. The lowest BCUT2D eigenvalue weighted by molar-refractivity contribution is -0.384. The third-order valence-corrected chi connectivity index (χ3v) is 4.59. The summed E-state index contributed by atoms with van der Waals surface area (Å²) in [6, 6.07) is 10.5. The third kappa shape index (κ3) is 4.83. The van der Waals surface area contributed by atoms with Crippen LogP contribution in [0.3, 0.4) is 0 Å². The molecule has 0 aliphatic carbocycles. The monoisotopic (exact) mass is 344 g/mol. The van der Waals surface area contributed by atoms with Crippen molar-refractivity contribution in [3.63, 3.8) is 0 Å². The number of non-ortho nitro benzene ring substituents is 1.